The van der Waals surface area contributed by atoms with E-state index in [1.807, 2.05) is 18.2 Å². The molecule has 4 aliphatic heterocycles. The molecule has 0 fully saturated rings. The number of ether oxygens (including phenoxy) is 4. The Bertz CT molecular complexity index is 1640. The van der Waals surface area contributed by atoms with E-state index in [0.29, 0.717) is 12.8 Å². The van der Waals surface area contributed by atoms with Crippen LogP contribution in [0.25, 0.3) is 0 Å². The predicted molar refractivity (Wildman–Crippen MR) is 185 cm³/mol. The summed E-state index contributed by atoms with van der Waals surface area (Å²) in [6, 6.07) is 8.48. The Morgan fingerprint density at radius 3 is 2.10 bits per heavy atom. The van der Waals surface area contributed by atoms with E-state index >= 15 is 0 Å². The van der Waals surface area contributed by atoms with Crippen LogP contribution in [0.2, 0.25) is 0 Å². The monoisotopic (exact) mass is 734 g/mol. The zero-order valence-corrected chi connectivity index (χ0v) is 30.5. The molecule has 0 radical (unpaired) electrons. The summed E-state index contributed by atoms with van der Waals surface area (Å²) in [6.45, 7) is 5.13. The Morgan fingerprint density at radius 2 is 1.41 bits per heavy atom. The topological polar surface area (TPSA) is 83.6 Å². The lowest BCUT2D eigenvalue weighted by atomic mass is 9.69. The van der Waals surface area contributed by atoms with Crippen molar-refractivity contribution in [3.8, 4) is 23.0 Å². The Labute approximate surface area is 301 Å². The van der Waals surface area contributed by atoms with E-state index in [9.17, 15) is 10.2 Å². The number of hydrogen-bond donors (Lipinski definition) is 2. The van der Waals surface area contributed by atoms with Crippen LogP contribution in [0, 0.1) is 0 Å². The van der Waals surface area contributed by atoms with E-state index in [2.05, 4.69) is 46.0 Å². The van der Waals surface area contributed by atoms with Gasteiger partial charge < -0.3 is 46.1 Å². The van der Waals surface area contributed by atoms with Gasteiger partial charge in [-0.3, -0.25) is 4.90 Å². The van der Waals surface area contributed by atoms with Crippen molar-refractivity contribution >= 4 is 6.21 Å². The third-order valence-corrected chi connectivity index (χ3v) is 12.1. The molecule has 0 aromatic heterocycles. The first-order valence-corrected chi connectivity index (χ1v) is 18.3. The fourth-order valence-corrected chi connectivity index (χ4v) is 9.56. The summed E-state index contributed by atoms with van der Waals surface area (Å²) >= 11 is 0. The number of nitrogens with zero attached hydrogens (tertiary/aromatic N) is 2. The molecule has 264 valence electrons. The van der Waals surface area contributed by atoms with Crippen LogP contribution >= 0.6 is 0 Å². The van der Waals surface area contributed by atoms with Crippen LogP contribution in [-0.2, 0) is 17.4 Å². The summed E-state index contributed by atoms with van der Waals surface area (Å²) in [5, 5.41) is 20.7. The third kappa shape index (κ3) is 6.02. The molecule has 2 aromatic carbocycles. The van der Waals surface area contributed by atoms with Gasteiger partial charge in [-0.2, -0.15) is 0 Å². The molecule has 6 atom stereocenters. The molecule has 2 N–H and O–H groups in total. The van der Waals surface area contributed by atoms with Gasteiger partial charge in [0.1, 0.15) is 25.3 Å². The maximum atomic E-state index is 10.4. The number of unbranched alkanes of at least 4 members (excludes halogenated alkanes) is 5. The van der Waals surface area contributed by atoms with Gasteiger partial charge in [0.15, 0.2) is 29.2 Å². The molecule has 6 aliphatic rings. The summed E-state index contributed by atoms with van der Waals surface area (Å²) in [5.74, 6) is 3.33. The summed E-state index contributed by atoms with van der Waals surface area (Å²) in [5.41, 5.74) is 4.72. The number of hydrogen-bond acceptors (Lipinski definition) is 7. The second-order valence-electron chi connectivity index (χ2n) is 14.9. The molecule has 8 rings (SSSR count). The van der Waals surface area contributed by atoms with Crippen LogP contribution in [0.5, 0.6) is 23.0 Å². The van der Waals surface area contributed by atoms with Crippen LogP contribution in [0.15, 0.2) is 48.6 Å². The number of rotatable bonds is 11. The first kappa shape index (κ1) is 34.6. The quantitative estimate of drug-likeness (QED) is 0.209. The van der Waals surface area contributed by atoms with Crippen molar-refractivity contribution in [1.82, 2.24) is 4.90 Å². The van der Waals surface area contributed by atoms with E-state index in [1.54, 1.807) is 14.2 Å². The normalized spacial score (nSPS) is 30.3. The Balaban J connectivity index is 0.00000378. The second-order valence-corrected chi connectivity index (χ2v) is 14.9. The predicted octanol–water partition coefficient (Wildman–Crippen LogP) is 2.43. The Hall–Kier alpha value is -2.85. The Kier molecular flexibility index (Phi) is 9.92. The smallest absolute Gasteiger partial charge is 0.171 e. The fraction of sp³-hybridized carbons (Fsp3) is 0.575. The average molecular weight is 736 g/mol. The molecular weight excluding hydrogens is 684 g/mol. The molecule has 2 spiro atoms. The molecule has 0 saturated carbocycles. The van der Waals surface area contributed by atoms with Gasteiger partial charge in [-0.1, -0.05) is 49.6 Å². The van der Waals surface area contributed by atoms with Gasteiger partial charge >= 0.3 is 0 Å². The van der Waals surface area contributed by atoms with Gasteiger partial charge in [0.25, 0.3) is 0 Å². The molecule has 8 nitrogen and oxygen atoms in total. The minimum absolute atomic E-state index is 0. The lowest BCUT2D eigenvalue weighted by Crippen LogP contribution is -3.00. The largest absolute Gasteiger partial charge is 1.00 e. The van der Waals surface area contributed by atoms with Crippen molar-refractivity contribution in [2.75, 3.05) is 40.4 Å². The lowest BCUT2D eigenvalue weighted by molar-refractivity contribution is -0.524. The average Bonchev–Trinajstić information content (AvgIpc) is 3.48. The molecule has 0 unspecified atom stereocenters. The molecule has 2 aromatic rings. The van der Waals surface area contributed by atoms with Crippen LogP contribution in [0.1, 0.15) is 86.5 Å². The summed E-state index contributed by atoms with van der Waals surface area (Å²) in [4.78, 5) is 2.62. The number of aliphatic hydroxyl groups is 2. The minimum Gasteiger partial charge on any atom is -1.00 e. The standard InChI is InChI=1S/C40H51N2O6.BrH/c1-45-31-11-9-27-25-41(21-17-39-15-13-29(43)23-33(39)47-37(31)35(27)39)19-7-5-3-4-6-8-20-42-22-18-40-16-14-30(44)24-34(40)48-38-32(46-2)12-10-28(26-42)36(38)40;/h9-16,25,29-30,33-34,43-44H,3-8,17-24,26H2,1-2H3;1H/q+1;/p-1/t29-,30-,33-,34-,39-,40-;/m0./s1. The van der Waals surface area contributed by atoms with E-state index in [4.69, 9.17) is 18.9 Å². The van der Waals surface area contributed by atoms with E-state index in [-0.39, 0.29) is 40.0 Å². The highest BCUT2D eigenvalue weighted by molar-refractivity contribution is 5.83. The molecule has 0 saturated heterocycles. The number of benzene rings is 2. The molecule has 4 heterocycles. The molecule has 2 aliphatic carbocycles. The van der Waals surface area contributed by atoms with Crippen molar-refractivity contribution in [2.24, 2.45) is 0 Å². The van der Waals surface area contributed by atoms with Crippen molar-refractivity contribution in [2.45, 2.75) is 106 Å². The van der Waals surface area contributed by atoms with Crippen molar-refractivity contribution in [1.29, 1.82) is 0 Å². The molecular formula is C40H51BrN2O6. The zero-order chi connectivity index (χ0) is 32.9. The minimum atomic E-state index is -0.457. The highest BCUT2D eigenvalue weighted by Gasteiger charge is 2.54. The van der Waals surface area contributed by atoms with Crippen molar-refractivity contribution in [3.05, 3.63) is 70.8 Å². The maximum absolute atomic E-state index is 10.4. The van der Waals surface area contributed by atoms with Crippen molar-refractivity contribution < 1.29 is 50.7 Å². The SMILES string of the molecule is COc1ccc2c3c1O[C@H]1C[C@@H](O)C=C[C@@]31CC[N+](CCCCCCCCN1CC[C@@]34C=C[C@H](O)C[C@@H]3Oc3c(OC)ccc(c34)C1)=C2.[Br-]. The Morgan fingerprint density at radius 1 is 0.796 bits per heavy atom. The van der Waals surface area contributed by atoms with Gasteiger partial charge in [0, 0.05) is 48.9 Å². The maximum Gasteiger partial charge on any atom is 0.171 e. The van der Waals surface area contributed by atoms with Gasteiger partial charge in [-0.25, -0.2) is 4.58 Å². The van der Waals surface area contributed by atoms with Crippen LogP contribution in [0.4, 0.5) is 0 Å². The lowest BCUT2D eigenvalue weighted by Gasteiger charge is -2.35. The summed E-state index contributed by atoms with van der Waals surface area (Å²) < 4.78 is 26.8. The molecule has 49 heavy (non-hydrogen) atoms. The van der Waals surface area contributed by atoms with Gasteiger partial charge in [-0.05, 0) is 56.1 Å². The van der Waals surface area contributed by atoms with Gasteiger partial charge in [-0.15, -0.1) is 0 Å². The molecule has 0 bridgehead atoms. The fourth-order valence-electron chi connectivity index (χ4n) is 9.56. The van der Waals surface area contributed by atoms with Gasteiger partial charge in [0.05, 0.1) is 37.3 Å². The second kappa shape index (κ2) is 14.0. The first-order valence-electron chi connectivity index (χ1n) is 18.3. The van der Waals surface area contributed by atoms with E-state index in [0.717, 1.165) is 68.6 Å². The zero-order valence-electron chi connectivity index (χ0n) is 28.9. The number of methoxy groups -OCH3 is 2. The third-order valence-electron chi connectivity index (χ3n) is 12.1. The molecule has 9 heteroatoms. The van der Waals surface area contributed by atoms with E-state index < -0.39 is 12.2 Å². The van der Waals surface area contributed by atoms with Crippen LogP contribution in [0.3, 0.4) is 0 Å². The van der Waals surface area contributed by atoms with Gasteiger partial charge in [0.2, 0.25) is 0 Å². The number of halogens is 1. The van der Waals surface area contributed by atoms with E-state index in [1.165, 1.54) is 60.8 Å². The summed E-state index contributed by atoms with van der Waals surface area (Å²) in [7, 11) is 3.41. The summed E-state index contributed by atoms with van der Waals surface area (Å²) in [6.07, 6.45) is 20.4. The van der Waals surface area contributed by atoms with Crippen LogP contribution in [-0.4, -0.2) is 90.7 Å². The highest BCUT2D eigenvalue weighted by Crippen LogP contribution is 2.56. The first-order chi connectivity index (χ1) is 23.4. The molecule has 0 amide bonds. The highest BCUT2D eigenvalue weighted by atomic mass is 79.9. The van der Waals surface area contributed by atoms with Crippen molar-refractivity contribution in [3.63, 3.8) is 0 Å². The number of aliphatic hydroxyl groups excluding tert-OH is 2. The van der Waals surface area contributed by atoms with Crippen LogP contribution < -0.4 is 35.9 Å².